The van der Waals surface area contributed by atoms with Crippen LogP contribution in [0.3, 0.4) is 0 Å². The van der Waals surface area contributed by atoms with E-state index in [1.807, 2.05) is 13.8 Å². The Morgan fingerprint density at radius 1 is 1.13 bits per heavy atom. The summed E-state index contributed by atoms with van der Waals surface area (Å²) in [6.07, 6.45) is 0.755. The van der Waals surface area contributed by atoms with Crippen LogP contribution in [-0.2, 0) is 9.59 Å². The van der Waals surface area contributed by atoms with Crippen LogP contribution in [0.1, 0.15) is 41.0 Å². The molecular weight excluding hydrogens is 192 g/mol. The first kappa shape index (κ1) is 13.9. The number of rotatable bonds is 4. The van der Waals surface area contributed by atoms with Gasteiger partial charge in [-0.05, 0) is 11.8 Å². The van der Waals surface area contributed by atoms with Crippen LogP contribution >= 0.6 is 0 Å². The first-order valence-electron chi connectivity index (χ1n) is 5.11. The van der Waals surface area contributed by atoms with Crippen LogP contribution in [0, 0.1) is 10.8 Å². The van der Waals surface area contributed by atoms with Crippen molar-refractivity contribution in [2.45, 2.75) is 41.0 Å². The molecule has 0 aromatic rings. The van der Waals surface area contributed by atoms with Crippen LogP contribution in [0.2, 0.25) is 0 Å². The molecule has 0 aromatic heterocycles. The van der Waals surface area contributed by atoms with Crippen molar-refractivity contribution in [3.63, 3.8) is 0 Å². The van der Waals surface area contributed by atoms with Gasteiger partial charge < -0.3 is 11.1 Å². The number of hydrogen-bond acceptors (Lipinski definition) is 2. The zero-order valence-electron chi connectivity index (χ0n) is 10.3. The van der Waals surface area contributed by atoms with Gasteiger partial charge >= 0.3 is 0 Å². The highest BCUT2D eigenvalue weighted by Crippen LogP contribution is 2.33. The van der Waals surface area contributed by atoms with Crippen molar-refractivity contribution in [2.75, 3.05) is 6.54 Å². The van der Waals surface area contributed by atoms with Crippen molar-refractivity contribution >= 4 is 11.8 Å². The van der Waals surface area contributed by atoms with Crippen molar-refractivity contribution in [3.8, 4) is 0 Å². The van der Waals surface area contributed by atoms with Gasteiger partial charge in [0.2, 0.25) is 11.8 Å². The van der Waals surface area contributed by atoms with E-state index in [-0.39, 0.29) is 17.9 Å². The van der Waals surface area contributed by atoms with Gasteiger partial charge in [0.1, 0.15) is 0 Å². The average molecular weight is 214 g/mol. The van der Waals surface area contributed by atoms with Crippen LogP contribution in [0.4, 0.5) is 0 Å². The van der Waals surface area contributed by atoms with Crippen molar-refractivity contribution in [2.24, 2.45) is 16.6 Å². The molecule has 4 heteroatoms. The highest BCUT2D eigenvalue weighted by Gasteiger charge is 2.32. The van der Waals surface area contributed by atoms with Crippen LogP contribution in [-0.4, -0.2) is 18.4 Å². The molecule has 3 N–H and O–H groups in total. The minimum Gasteiger partial charge on any atom is -0.368 e. The minimum absolute atomic E-state index is 0.0769. The van der Waals surface area contributed by atoms with Crippen LogP contribution in [0.25, 0.3) is 0 Å². The quantitative estimate of drug-likeness (QED) is 0.734. The van der Waals surface area contributed by atoms with Crippen molar-refractivity contribution in [3.05, 3.63) is 0 Å². The van der Waals surface area contributed by atoms with E-state index >= 15 is 0 Å². The topological polar surface area (TPSA) is 72.2 Å². The molecule has 0 saturated heterocycles. The summed E-state index contributed by atoms with van der Waals surface area (Å²) in [5, 5.41) is 2.53. The Balaban J connectivity index is 4.33. The average Bonchev–Trinajstić information content (AvgIpc) is 1.94. The molecule has 0 unspecified atom stereocenters. The van der Waals surface area contributed by atoms with Crippen LogP contribution in [0.15, 0.2) is 0 Å². The number of carbonyl (C=O) groups is 2. The molecule has 0 aliphatic carbocycles. The molecular formula is C11H22N2O2. The minimum atomic E-state index is -0.519. The summed E-state index contributed by atoms with van der Waals surface area (Å²) in [4.78, 5) is 22.3. The van der Waals surface area contributed by atoms with E-state index < -0.39 is 11.3 Å². The van der Waals surface area contributed by atoms with Gasteiger partial charge in [0.15, 0.2) is 0 Å². The van der Waals surface area contributed by atoms with Gasteiger partial charge in [0.25, 0.3) is 0 Å². The van der Waals surface area contributed by atoms with E-state index in [1.54, 1.807) is 0 Å². The van der Waals surface area contributed by atoms with Gasteiger partial charge in [-0.25, -0.2) is 0 Å². The summed E-state index contributed by atoms with van der Waals surface area (Å²) < 4.78 is 0. The lowest BCUT2D eigenvalue weighted by atomic mass is 9.76. The molecule has 0 spiro atoms. The Kier molecular flexibility index (Phi) is 4.31. The highest BCUT2D eigenvalue weighted by atomic mass is 16.2. The predicted molar refractivity (Wildman–Crippen MR) is 60.1 cm³/mol. The van der Waals surface area contributed by atoms with Crippen molar-refractivity contribution in [1.82, 2.24) is 5.32 Å². The van der Waals surface area contributed by atoms with E-state index in [1.165, 1.54) is 0 Å². The van der Waals surface area contributed by atoms with E-state index in [0.29, 0.717) is 0 Å². The fourth-order valence-corrected chi connectivity index (χ4v) is 1.81. The maximum absolute atomic E-state index is 11.7. The molecule has 0 heterocycles. The number of amides is 2. The lowest BCUT2D eigenvalue weighted by molar-refractivity contribution is -0.132. The van der Waals surface area contributed by atoms with Gasteiger partial charge in [-0.15, -0.1) is 0 Å². The van der Waals surface area contributed by atoms with Gasteiger partial charge in [-0.2, -0.15) is 0 Å². The van der Waals surface area contributed by atoms with E-state index in [0.717, 1.165) is 6.42 Å². The summed E-state index contributed by atoms with van der Waals surface area (Å²) >= 11 is 0. The SMILES string of the molecule is CC(C)(C)CC(C)(C)C(=O)NCC(N)=O. The van der Waals surface area contributed by atoms with E-state index in [2.05, 4.69) is 26.1 Å². The highest BCUT2D eigenvalue weighted by molar-refractivity contribution is 5.86. The zero-order valence-corrected chi connectivity index (χ0v) is 10.3. The number of hydrogen-bond donors (Lipinski definition) is 2. The second-order valence-corrected chi connectivity index (χ2v) is 5.77. The van der Waals surface area contributed by atoms with Gasteiger partial charge in [-0.1, -0.05) is 34.6 Å². The fraction of sp³-hybridized carbons (Fsp3) is 0.818. The maximum atomic E-state index is 11.7. The lowest BCUT2D eigenvalue weighted by Crippen LogP contribution is -2.42. The second kappa shape index (κ2) is 4.64. The molecule has 0 radical (unpaired) electrons. The molecule has 0 bridgehead atoms. The van der Waals surface area contributed by atoms with Crippen LogP contribution in [0.5, 0.6) is 0 Å². The molecule has 0 aromatic carbocycles. The van der Waals surface area contributed by atoms with Crippen molar-refractivity contribution < 1.29 is 9.59 Å². The first-order chi connectivity index (χ1) is 6.54. The molecule has 0 fully saturated rings. The fourth-order valence-electron chi connectivity index (χ4n) is 1.81. The Hall–Kier alpha value is -1.06. The molecule has 0 aliphatic heterocycles. The van der Waals surface area contributed by atoms with Gasteiger partial charge in [0.05, 0.1) is 6.54 Å². The molecule has 2 amide bonds. The molecule has 88 valence electrons. The normalized spacial score (nSPS) is 12.3. The molecule has 0 saturated carbocycles. The van der Waals surface area contributed by atoms with Crippen molar-refractivity contribution in [1.29, 1.82) is 0 Å². The monoisotopic (exact) mass is 214 g/mol. The Labute approximate surface area is 91.6 Å². The van der Waals surface area contributed by atoms with Gasteiger partial charge in [-0.3, -0.25) is 9.59 Å². The number of nitrogens with two attached hydrogens (primary N) is 1. The summed E-state index contributed by atoms with van der Waals surface area (Å²) in [6.45, 7) is 9.89. The van der Waals surface area contributed by atoms with Crippen LogP contribution < -0.4 is 11.1 Å². The molecule has 0 rings (SSSR count). The van der Waals surface area contributed by atoms with Gasteiger partial charge in [0, 0.05) is 5.41 Å². The standard InChI is InChI=1S/C11H22N2O2/c1-10(2,3)7-11(4,5)9(15)13-6-8(12)14/h6-7H2,1-5H3,(H2,12,14)(H,13,15). The Bertz CT molecular complexity index is 252. The third-order valence-corrected chi connectivity index (χ3v) is 2.01. The molecule has 0 aliphatic rings. The number of nitrogens with one attached hydrogen (secondary N) is 1. The number of carbonyl (C=O) groups excluding carboxylic acids is 2. The Morgan fingerprint density at radius 3 is 1.93 bits per heavy atom. The second-order valence-electron chi connectivity index (χ2n) is 5.77. The maximum Gasteiger partial charge on any atom is 0.236 e. The summed E-state index contributed by atoms with van der Waals surface area (Å²) in [6, 6.07) is 0. The lowest BCUT2D eigenvalue weighted by Gasteiger charge is -2.31. The molecule has 4 nitrogen and oxygen atoms in total. The Morgan fingerprint density at radius 2 is 1.60 bits per heavy atom. The number of primary amides is 1. The summed E-state index contributed by atoms with van der Waals surface area (Å²) in [7, 11) is 0. The third-order valence-electron chi connectivity index (χ3n) is 2.01. The molecule has 15 heavy (non-hydrogen) atoms. The summed E-state index contributed by atoms with van der Waals surface area (Å²) in [5.41, 5.74) is 4.56. The first-order valence-corrected chi connectivity index (χ1v) is 5.11. The predicted octanol–water partition coefficient (Wildman–Crippen LogP) is 1.05. The summed E-state index contributed by atoms with van der Waals surface area (Å²) in [5.74, 6) is -0.647. The molecule has 0 atom stereocenters. The van der Waals surface area contributed by atoms with E-state index in [4.69, 9.17) is 5.73 Å². The zero-order chi connectivity index (χ0) is 12.3. The smallest absolute Gasteiger partial charge is 0.236 e. The third kappa shape index (κ3) is 6.10. The largest absolute Gasteiger partial charge is 0.368 e. The van der Waals surface area contributed by atoms with E-state index in [9.17, 15) is 9.59 Å².